The molecule has 0 atom stereocenters. The molecule has 0 bridgehead atoms. The van der Waals surface area contributed by atoms with Gasteiger partial charge in [-0.15, -0.1) is 0 Å². The van der Waals surface area contributed by atoms with Crippen molar-refractivity contribution in [2.75, 3.05) is 44.6 Å². The molecule has 0 radical (unpaired) electrons. The van der Waals surface area contributed by atoms with Crippen LogP contribution in [0.3, 0.4) is 0 Å². The molecule has 0 unspecified atom stereocenters. The first-order valence-corrected chi connectivity index (χ1v) is 12.1. The maximum atomic E-state index is 13.1. The lowest BCUT2D eigenvalue weighted by Crippen LogP contribution is -3.28. The zero-order chi connectivity index (χ0) is 21.8. The van der Waals surface area contributed by atoms with E-state index in [2.05, 4.69) is 16.3 Å². The number of allylic oxidation sites excluding steroid dienone is 2. The van der Waals surface area contributed by atoms with Crippen LogP contribution in [0, 0.1) is 13.8 Å². The summed E-state index contributed by atoms with van der Waals surface area (Å²) in [6.45, 7) is 8.94. The van der Waals surface area contributed by atoms with Gasteiger partial charge in [0.05, 0.1) is 0 Å². The summed E-state index contributed by atoms with van der Waals surface area (Å²) in [7, 11) is 0. The van der Waals surface area contributed by atoms with Gasteiger partial charge in [-0.1, -0.05) is 24.3 Å². The number of nitrogens with zero attached hydrogens (tertiary/aromatic N) is 1. The number of para-hydroxylation sites is 1. The Balaban J connectivity index is 1.24. The van der Waals surface area contributed by atoms with Gasteiger partial charge in [0.2, 0.25) is 0 Å². The van der Waals surface area contributed by atoms with E-state index in [4.69, 9.17) is 0 Å². The van der Waals surface area contributed by atoms with Crippen LogP contribution in [0.5, 0.6) is 0 Å². The minimum absolute atomic E-state index is 0.0797. The Morgan fingerprint density at radius 3 is 2.23 bits per heavy atom. The number of aryl methyl sites for hydroxylation is 2. The number of hydrogen-bond donors (Lipinski definition) is 3. The van der Waals surface area contributed by atoms with E-state index in [1.807, 2.05) is 32.0 Å². The van der Waals surface area contributed by atoms with Gasteiger partial charge in [-0.05, 0) is 63.5 Å². The molecule has 1 aliphatic heterocycles. The van der Waals surface area contributed by atoms with Crippen molar-refractivity contribution in [2.45, 2.75) is 58.4 Å². The number of nitrogens with one attached hydrogen (secondary N) is 3. The molecule has 1 aromatic carbocycles. The van der Waals surface area contributed by atoms with Crippen LogP contribution in [-0.2, 0) is 9.59 Å². The van der Waals surface area contributed by atoms with Crippen molar-refractivity contribution >= 4 is 17.5 Å². The van der Waals surface area contributed by atoms with Crippen LogP contribution in [-0.4, -0.2) is 62.0 Å². The van der Waals surface area contributed by atoms with Crippen molar-refractivity contribution in [3.8, 4) is 0 Å². The van der Waals surface area contributed by atoms with Gasteiger partial charge in [0, 0.05) is 17.4 Å². The van der Waals surface area contributed by atoms with Gasteiger partial charge in [0.1, 0.15) is 26.2 Å². The minimum Gasteiger partial charge on any atom is -0.321 e. The molecule has 6 heteroatoms. The SMILES string of the molecule is Cc1cccc(C)c1NC(=O)C[NH+]1CC[NH+](CC(=O)N(C2=CCCCC2)C2CC2)CC1. The Kier molecular flexibility index (Phi) is 7.08. The highest BCUT2D eigenvalue weighted by Crippen LogP contribution is 2.33. The van der Waals surface area contributed by atoms with Crippen molar-refractivity contribution in [3.63, 3.8) is 0 Å². The number of amides is 2. The summed E-state index contributed by atoms with van der Waals surface area (Å²) in [5, 5.41) is 3.11. The van der Waals surface area contributed by atoms with Crippen LogP contribution in [0.4, 0.5) is 5.69 Å². The monoisotopic (exact) mass is 426 g/mol. The van der Waals surface area contributed by atoms with Crippen molar-refractivity contribution < 1.29 is 19.4 Å². The number of anilines is 1. The summed E-state index contributed by atoms with van der Waals surface area (Å²) in [4.78, 5) is 30.5. The van der Waals surface area contributed by atoms with E-state index in [1.165, 1.54) is 28.3 Å². The normalized spacial score (nSPS) is 23.7. The molecular weight excluding hydrogens is 388 g/mol. The summed E-state index contributed by atoms with van der Waals surface area (Å²) in [5.41, 5.74) is 4.43. The molecule has 0 spiro atoms. The topological polar surface area (TPSA) is 58.3 Å². The van der Waals surface area contributed by atoms with Crippen molar-refractivity contribution in [2.24, 2.45) is 0 Å². The molecule has 0 aromatic heterocycles. The summed E-state index contributed by atoms with van der Waals surface area (Å²) in [6, 6.07) is 6.53. The van der Waals surface area contributed by atoms with E-state index < -0.39 is 0 Å². The van der Waals surface area contributed by atoms with Gasteiger partial charge in [0.25, 0.3) is 11.8 Å². The smallest absolute Gasteiger partial charge is 0.282 e. The molecule has 1 heterocycles. The Bertz CT molecular complexity index is 818. The van der Waals surface area contributed by atoms with E-state index in [1.54, 1.807) is 0 Å². The van der Waals surface area contributed by atoms with E-state index in [0.29, 0.717) is 25.0 Å². The van der Waals surface area contributed by atoms with Gasteiger partial charge in [-0.2, -0.15) is 0 Å². The second-order valence-corrected chi connectivity index (χ2v) is 9.60. The van der Waals surface area contributed by atoms with E-state index in [-0.39, 0.29) is 5.91 Å². The molecular formula is C25H38N4O2+2. The number of piperazine rings is 1. The Morgan fingerprint density at radius 1 is 1.00 bits per heavy atom. The highest BCUT2D eigenvalue weighted by atomic mass is 16.2. The van der Waals surface area contributed by atoms with E-state index in [0.717, 1.165) is 68.7 Å². The molecule has 2 aliphatic carbocycles. The summed E-state index contributed by atoms with van der Waals surface area (Å²) < 4.78 is 0. The molecule has 1 saturated carbocycles. The van der Waals surface area contributed by atoms with Crippen molar-refractivity contribution in [3.05, 3.63) is 41.1 Å². The average Bonchev–Trinajstić information content (AvgIpc) is 3.58. The maximum absolute atomic E-state index is 13.1. The number of quaternary nitrogens is 2. The second-order valence-electron chi connectivity index (χ2n) is 9.60. The molecule has 31 heavy (non-hydrogen) atoms. The lowest BCUT2D eigenvalue weighted by molar-refractivity contribution is -1.00. The molecule has 168 valence electrons. The zero-order valence-corrected chi connectivity index (χ0v) is 19.1. The van der Waals surface area contributed by atoms with Gasteiger partial charge >= 0.3 is 0 Å². The summed E-state index contributed by atoms with van der Waals surface area (Å²) in [6.07, 6.45) is 9.25. The number of hydrogen-bond acceptors (Lipinski definition) is 2. The molecule has 3 N–H and O–H groups in total. The summed E-state index contributed by atoms with van der Waals surface area (Å²) >= 11 is 0. The lowest BCUT2D eigenvalue weighted by Gasteiger charge is -2.32. The largest absolute Gasteiger partial charge is 0.321 e. The van der Waals surface area contributed by atoms with Gasteiger partial charge in [-0.25, -0.2) is 0 Å². The number of benzene rings is 1. The number of rotatable bonds is 7. The van der Waals surface area contributed by atoms with Crippen LogP contribution in [0.1, 0.15) is 49.7 Å². The Morgan fingerprint density at radius 2 is 1.65 bits per heavy atom. The first-order valence-electron chi connectivity index (χ1n) is 12.1. The van der Waals surface area contributed by atoms with Crippen LogP contribution in [0.15, 0.2) is 30.0 Å². The second kappa shape index (κ2) is 9.96. The first-order chi connectivity index (χ1) is 15.0. The highest BCUT2D eigenvalue weighted by molar-refractivity contribution is 5.93. The highest BCUT2D eigenvalue weighted by Gasteiger charge is 2.37. The van der Waals surface area contributed by atoms with Crippen LogP contribution in [0.2, 0.25) is 0 Å². The van der Waals surface area contributed by atoms with Gasteiger partial charge in [0.15, 0.2) is 13.1 Å². The third-order valence-corrected chi connectivity index (χ3v) is 6.98. The molecule has 2 amide bonds. The molecule has 6 nitrogen and oxygen atoms in total. The van der Waals surface area contributed by atoms with Crippen LogP contribution >= 0.6 is 0 Å². The lowest BCUT2D eigenvalue weighted by atomic mass is 10.0. The quantitative estimate of drug-likeness (QED) is 0.594. The van der Waals surface area contributed by atoms with E-state index >= 15 is 0 Å². The minimum atomic E-state index is 0.0797. The van der Waals surface area contributed by atoms with Crippen LogP contribution < -0.4 is 15.1 Å². The molecule has 4 rings (SSSR count). The fraction of sp³-hybridized carbons (Fsp3) is 0.600. The fourth-order valence-corrected chi connectivity index (χ4v) is 5.00. The standard InChI is InChI=1S/C25H36N4O2/c1-19-7-6-8-20(2)25(19)26-23(30)17-27-13-15-28(16-14-27)18-24(31)29(22-11-12-22)21-9-4-3-5-10-21/h6-9,22H,3-5,10-18H2,1-2H3,(H,26,30)/p+2. The molecule has 2 fully saturated rings. The zero-order valence-electron chi connectivity index (χ0n) is 19.1. The van der Waals surface area contributed by atoms with Crippen molar-refractivity contribution in [1.82, 2.24) is 4.90 Å². The molecule has 1 aromatic rings. The number of carbonyl (C=O) groups excluding carboxylic acids is 2. The maximum Gasteiger partial charge on any atom is 0.282 e. The fourth-order valence-electron chi connectivity index (χ4n) is 5.00. The third-order valence-electron chi connectivity index (χ3n) is 6.98. The Hall–Kier alpha value is -2.18. The molecule has 1 saturated heterocycles. The molecule has 3 aliphatic rings. The van der Waals surface area contributed by atoms with Gasteiger partial charge in [-0.3, -0.25) is 9.59 Å². The Labute approximate surface area is 186 Å². The van der Waals surface area contributed by atoms with E-state index in [9.17, 15) is 9.59 Å². The average molecular weight is 427 g/mol. The van der Waals surface area contributed by atoms with Gasteiger partial charge < -0.3 is 20.0 Å². The first kappa shape index (κ1) is 22.0. The summed E-state index contributed by atoms with van der Waals surface area (Å²) in [5.74, 6) is 0.387. The van der Waals surface area contributed by atoms with Crippen LogP contribution in [0.25, 0.3) is 0 Å². The third kappa shape index (κ3) is 5.74. The number of carbonyl (C=O) groups is 2. The predicted octanol–water partition coefficient (Wildman–Crippen LogP) is 0.474. The van der Waals surface area contributed by atoms with Crippen molar-refractivity contribution in [1.29, 1.82) is 0 Å². The predicted molar refractivity (Wildman–Crippen MR) is 122 cm³/mol.